The van der Waals surface area contributed by atoms with Crippen molar-refractivity contribution in [2.45, 2.75) is 57.7 Å². The summed E-state index contributed by atoms with van der Waals surface area (Å²) in [4.78, 5) is 71.8. The minimum absolute atomic E-state index is 0.160. The van der Waals surface area contributed by atoms with Crippen molar-refractivity contribution in [3.05, 3.63) is 29.3 Å². The van der Waals surface area contributed by atoms with Gasteiger partial charge in [0.15, 0.2) is 0 Å². The zero-order valence-corrected chi connectivity index (χ0v) is 22.2. The Bertz CT molecular complexity index is 1110. The molecular weight excluding hydrogens is 522 g/mol. The van der Waals surface area contributed by atoms with E-state index in [4.69, 9.17) is 14.5 Å². The molecule has 38 heavy (non-hydrogen) atoms. The maximum Gasteiger partial charge on any atom is 0.344 e. The van der Waals surface area contributed by atoms with Gasteiger partial charge in [0.1, 0.15) is 37.7 Å². The molecule has 0 unspecified atom stereocenters. The van der Waals surface area contributed by atoms with Crippen LogP contribution in [0, 0.1) is 5.92 Å². The molecule has 0 fully saturated rings. The maximum atomic E-state index is 13.7. The lowest BCUT2D eigenvalue weighted by Gasteiger charge is -2.30. The van der Waals surface area contributed by atoms with Gasteiger partial charge in [0.25, 0.3) is 0 Å². The van der Waals surface area contributed by atoms with E-state index in [0.717, 1.165) is 11.1 Å². The SMILES string of the molecule is CC[C@H](C)[C@H](NC(=O)COCCF)C(=O)N[C@H]1CCc2cccc3c2N(C1=O)[C@H](C(=O)NCP(=O)(O)O)C3. The van der Waals surface area contributed by atoms with Gasteiger partial charge in [-0.2, -0.15) is 0 Å². The van der Waals surface area contributed by atoms with Gasteiger partial charge < -0.3 is 30.5 Å². The zero-order valence-electron chi connectivity index (χ0n) is 21.3. The number of carbonyl (C=O) groups is 4. The number of hydrogen-bond acceptors (Lipinski definition) is 6. The van der Waals surface area contributed by atoms with E-state index in [9.17, 15) is 28.1 Å². The highest BCUT2D eigenvalue weighted by Crippen LogP contribution is 2.39. The summed E-state index contributed by atoms with van der Waals surface area (Å²) in [5, 5.41) is 7.55. The third kappa shape index (κ3) is 7.16. The van der Waals surface area contributed by atoms with Crippen LogP contribution in [0.15, 0.2) is 18.2 Å². The molecule has 0 radical (unpaired) electrons. The Balaban J connectivity index is 1.80. The third-order valence-electron chi connectivity index (χ3n) is 6.75. The fourth-order valence-electron chi connectivity index (χ4n) is 4.67. The number of ether oxygens (including phenoxy) is 1. The number of amides is 4. The quantitative estimate of drug-likeness (QED) is 0.179. The number of nitrogens with zero attached hydrogens (tertiary/aromatic N) is 1. The Morgan fingerprint density at radius 1 is 1.26 bits per heavy atom. The minimum Gasteiger partial charge on any atom is -0.369 e. The van der Waals surface area contributed by atoms with Crippen molar-refractivity contribution in [1.29, 1.82) is 0 Å². The molecule has 2 aliphatic heterocycles. The first-order chi connectivity index (χ1) is 18.0. The number of nitrogens with one attached hydrogen (secondary N) is 3. The lowest BCUT2D eigenvalue weighted by molar-refractivity contribution is -0.134. The molecule has 0 saturated carbocycles. The molecule has 1 aromatic rings. The average Bonchev–Trinajstić information content (AvgIpc) is 3.21. The predicted molar refractivity (Wildman–Crippen MR) is 135 cm³/mol. The fraction of sp³-hybridized carbons (Fsp3) is 0.583. The van der Waals surface area contributed by atoms with Crippen LogP contribution in [-0.4, -0.2) is 77.7 Å². The van der Waals surface area contributed by atoms with Crippen LogP contribution in [0.3, 0.4) is 0 Å². The molecule has 1 aromatic carbocycles. The predicted octanol–water partition coefficient (Wildman–Crippen LogP) is 0.144. The third-order valence-corrected chi connectivity index (χ3v) is 7.32. The van der Waals surface area contributed by atoms with E-state index in [1.807, 2.05) is 19.1 Å². The van der Waals surface area contributed by atoms with E-state index < -0.39 is 68.9 Å². The first-order valence-electron chi connectivity index (χ1n) is 12.5. The Labute approximate surface area is 219 Å². The molecule has 14 heteroatoms. The lowest BCUT2D eigenvalue weighted by atomic mass is 9.97. The molecule has 210 valence electrons. The number of halogens is 1. The number of anilines is 1. The van der Waals surface area contributed by atoms with Gasteiger partial charge in [-0.3, -0.25) is 28.6 Å². The summed E-state index contributed by atoms with van der Waals surface area (Å²) in [7, 11) is -4.51. The van der Waals surface area contributed by atoms with Gasteiger partial charge >= 0.3 is 7.60 Å². The zero-order chi connectivity index (χ0) is 28.0. The molecule has 3 rings (SSSR count). The second-order valence-corrected chi connectivity index (χ2v) is 11.1. The van der Waals surface area contributed by atoms with E-state index in [1.54, 1.807) is 13.0 Å². The summed E-state index contributed by atoms with van der Waals surface area (Å²) >= 11 is 0. The van der Waals surface area contributed by atoms with Crippen LogP contribution >= 0.6 is 7.60 Å². The normalized spacial score (nSPS) is 20.2. The summed E-state index contributed by atoms with van der Waals surface area (Å²) in [6, 6.07) is 2.40. The van der Waals surface area contributed by atoms with Crippen LogP contribution in [0.2, 0.25) is 0 Å². The van der Waals surface area contributed by atoms with Gasteiger partial charge in [-0.25, -0.2) is 4.39 Å². The molecule has 0 spiro atoms. The van der Waals surface area contributed by atoms with Crippen LogP contribution in [0.1, 0.15) is 37.8 Å². The van der Waals surface area contributed by atoms with Gasteiger partial charge in [-0.05, 0) is 29.9 Å². The Kier molecular flexibility index (Phi) is 10.00. The van der Waals surface area contributed by atoms with Crippen molar-refractivity contribution in [3.8, 4) is 0 Å². The number of hydrogen-bond donors (Lipinski definition) is 5. The summed E-state index contributed by atoms with van der Waals surface area (Å²) in [5.74, 6) is -2.70. The number of carbonyl (C=O) groups excluding carboxylic acids is 4. The second-order valence-electron chi connectivity index (χ2n) is 9.49. The van der Waals surface area contributed by atoms with Crippen molar-refractivity contribution in [2.75, 3.05) is 31.1 Å². The first-order valence-corrected chi connectivity index (χ1v) is 14.3. The second kappa shape index (κ2) is 12.8. The largest absolute Gasteiger partial charge is 0.369 e. The monoisotopic (exact) mass is 556 g/mol. The highest BCUT2D eigenvalue weighted by atomic mass is 31.2. The van der Waals surface area contributed by atoms with E-state index >= 15 is 0 Å². The van der Waals surface area contributed by atoms with Crippen LogP contribution in [0.5, 0.6) is 0 Å². The van der Waals surface area contributed by atoms with Crippen molar-refractivity contribution in [1.82, 2.24) is 16.0 Å². The fourth-order valence-corrected chi connectivity index (χ4v) is 5.03. The molecule has 2 aliphatic rings. The molecule has 4 atom stereocenters. The van der Waals surface area contributed by atoms with Gasteiger partial charge in [0, 0.05) is 6.42 Å². The van der Waals surface area contributed by atoms with Gasteiger partial charge in [-0.15, -0.1) is 0 Å². The summed E-state index contributed by atoms with van der Waals surface area (Å²) in [5.41, 5.74) is 2.13. The number of aryl methyl sites for hydroxylation is 1. The van der Waals surface area contributed by atoms with Crippen molar-refractivity contribution >= 4 is 36.9 Å². The molecule has 12 nitrogen and oxygen atoms in total. The Hall–Kier alpha value is -2.86. The average molecular weight is 557 g/mol. The first kappa shape index (κ1) is 29.7. The van der Waals surface area contributed by atoms with Crippen LogP contribution in [0.4, 0.5) is 10.1 Å². The van der Waals surface area contributed by atoms with E-state index in [-0.39, 0.29) is 25.4 Å². The maximum absolute atomic E-state index is 13.7. The van der Waals surface area contributed by atoms with Crippen LogP contribution in [-0.2, 0) is 41.3 Å². The van der Waals surface area contributed by atoms with Crippen LogP contribution in [0.25, 0.3) is 0 Å². The summed E-state index contributed by atoms with van der Waals surface area (Å²) in [6.45, 7) is 2.21. The highest BCUT2D eigenvalue weighted by Gasteiger charge is 2.44. The number of alkyl halides is 1. The van der Waals surface area contributed by atoms with Crippen molar-refractivity contribution < 1.29 is 42.7 Å². The molecule has 0 bridgehead atoms. The lowest BCUT2D eigenvalue weighted by Crippen LogP contribution is -2.58. The molecule has 0 aromatic heterocycles. The topological polar surface area (TPSA) is 174 Å². The Morgan fingerprint density at radius 3 is 2.63 bits per heavy atom. The van der Waals surface area contributed by atoms with Crippen molar-refractivity contribution in [3.63, 3.8) is 0 Å². The number of benzene rings is 1. The molecule has 0 saturated heterocycles. The standard InChI is InChI=1S/C24H34FN4O8P/c1-3-14(2)20(28-19(30)12-37-10-9-25)23(32)27-17-8-7-15-5-4-6-16-11-18(29(21(15)16)24(17)33)22(31)26-13-38(34,35)36/h4-6,14,17-18,20H,3,7-13H2,1-2H3,(H,26,31)(H,27,32)(H,28,30)(H2,34,35,36)/t14-,17-,18-,20-/m0/s1. The molecule has 4 amide bonds. The summed E-state index contributed by atoms with van der Waals surface area (Å²) < 4.78 is 28.4. The van der Waals surface area contributed by atoms with E-state index in [1.165, 1.54) is 4.90 Å². The van der Waals surface area contributed by atoms with Crippen LogP contribution < -0.4 is 20.9 Å². The van der Waals surface area contributed by atoms with Gasteiger partial charge in [0.2, 0.25) is 23.6 Å². The minimum atomic E-state index is -4.51. The molecule has 2 heterocycles. The Morgan fingerprint density at radius 2 is 1.97 bits per heavy atom. The molecular formula is C24H34FN4O8P. The smallest absolute Gasteiger partial charge is 0.344 e. The van der Waals surface area contributed by atoms with Gasteiger partial charge in [0.05, 0.1) is 12.3 Å². The molecule has 5 N–H and O–H groups in total. The van der Waals surface area contributed by atoms with Gasteiger partial charge in [-0.1, -0.05) is 38.5 Å². The van der Waals surface area contributed by atoms with E-state index in [0.29, 0.717) is 18.5 Å². The van der Waals surface area contributed by atoms with E-state index in [2.05, 4.69) is 16.0 Å². The number of para-hydroxylation sites is 1. The van der Waals surface area contributed by atoms with Crippen molar-refractivity contribution in [2.24, 2.45) is 5.92 Å². The number of rotatable bonds is 12. The highest BCUT2D eigenvalue weighted by molar-refractivity contribution is 7.51. The summed E-state index contributed by atoms with van der Waals surface area (Å²) in [6.07, 6.45) is 0.525. The molecule has 0 aliphatic carbocycles.